The van der Waals surface area contributed by atoms with E-state index in [1.807, 2.05) is 24.6 Å². The molecule has 0 amide bonds. The number of aryl methyl sites for hydroxylation is 1. The first-order chi connectivity index (χ1) is 8.68. The predicted octanol–water partition coefficient (Wildman–Crippen LogP) is 2.39. The standard InChI is InChI=1S/C14H19N3O/c1-10-9-17-12(14(18)16(10)2)8-15-13(17)11-6-4-3-5-7-11/h8-9,11H,3-7H2,1-2H3. The second-order valence-electron chi connectivity index (χ2n) is 5.34. The highest BCUT2D eigenvalue weighted by Crippen LogP contribution is 2.31. The highest BCUT2D eigenvalue weighted by atomic mass is 16.1. The van der Waals surface area contributed by atoms with Crippen LogP contribution in [0.3, 0.4) is 0 Å². The first kappa shape index (κ1) is 11.5. The van der Waals surface area contributed by atoms with Crippen molar-refractivity contribution < 1.29 is 0 Å². The van der Waals surface area contributed by atoms with Crippen molar-refractivity contribution in [3.05, 3.63) is 34.3 Å². The number of rotatable bonds is 1. The summed E-state index contributed by atoms with van der Waals surface area (Å²) in [6, 6.07) is 0. The van der Waals surface area contributed by atoms with Gasteiger partial charge >= 0.3 is 0 Å². The van der Waals surface area contributed by atoms with Crippen LogP contribution in [0.1, 0.15) is 49.5 Å². The lowest BCUT2D eigenvalue weighted by atomic mass is 9.89. The Kier molecular flexibility index (Phi) is 2.73. The highest BCUT2D eigenvalue weighted by Gasteiger charge is 2.20. The van der Waals surface area contributed by atoms with E-state index in [-0.39, 0.29) is 5.56 Å². The summed E-state index contributed by atoms with van der Waals surface area (Å²) in [5.74, 6) is 1.60. The van der Waals surface area contributed by atoms with Gasteiger partial charge in [-0.25, -0.2) is 4.98 Å². The number of nitrogens with zero attached hydrogens (tertiary/aromatic N) is 3. The molecule has 0 aliphatic heterocycles. The van der Waals surface area contributed by atoms with Crippen LogP contribution >= 0.6 is 0 Å². The number of fused-ring (bicyclic) bond motifs is 1. The Morgan fingerprint density at radius 1 is 1.28 bits per heavy atom. The molecule has 2 aromatic heterocycles. The summed E-state index contributed by atoms with van der Waals surface area (Å²) in [5, 5.41) is 0. The Bertz CT molecular complexity index is 632. The molecular formula is C14H19N3O. The van der Waals surface area contributed by atoms with Gasteiger partial charge in [-0.3, -0.25) is 9.20 Å². The van der Waals surface area contributed by atoms with Crippen LogP contribution in [-0.4, -0.2) is 14.0 Å². The van der Waals surface area contributed by atoms with Gasteiger partial charge in [-0.1, -0.05) is 19.3 Å². The second-order valence-corrected chi connectivity index (χ2v) is 5.34. The fraction of sp³-hybridized carbons (Fsp3) is 0.571. The summed E-state index contributed by atoms with van der Waals surface area (Å²) in [7, 11) is 1.81. The van der Waals surface area contributed by atoms with E-state index in [2.05, 4.69) is 4.98 Å². The van der Waals surface area contributed by atoms with Gasteiger partial charge in [0.25, 0.3) is 5.56 Å². The molecule has 0 atom stereocenters. The van der Waals surface area contributed by atoms with Gasteiger partial charge < -0.3 is 4.57 Å². The molecule has 1 saturated carbocycles. The Balaban J connectivity index is 2.17. The lowest BCUT2D eigenvalue weighted by Crippen LogP contribution is -2.21. The summed E-state index contributed by atoms with van der Waals surface area (Å²) in [4.78, 5) is 16.7. The maximum atomic E-state index is 12.1. The second kappa shape index (κ2) is 4.26. The smallest absolute Gasteiger partial charge is 0.276 e. The molecule has 1 aliphatic rings. The van der Waals surface area contributed by atoms with Crippen LogP contribution in [0.2, 0.25) is 0 Å². The van der Waals surface area contributed by atoms with E-state index in [4.69, 9.17) is 0 Å². The Labute approximate surface area is 106 Å². The van der Waals surface area contributed by atoms with Gasteiger partial charge in [-0.05, 0) is 19.8 Å². The number of hydrogen-bond acceptors (Lipinski definition) is 2. The van der Waals surface area contributed by atoms with Crippen LogP contribution in [-0.2, 0) is 7.05 Å². The molecule has 4 nitrogen and oxygen atoms in total. The normalized spacial score (nSPS) is 17.4. The molecule has 0 spiro atoms. The molecule has 1 fully saturated rings. The largest absolute Gasteiger partial charge is 0.313 e. The Morgan fingerprint density at radius 3 is 2.72 bits per heavy atom. The van der Waals surface area contributed by atoms with Gasteiger partial charge in [-0.2, -0.15) is 0 Å². The average molecular weight is 245 g/mol. The maximum absolute atomic E-state index is 12.1. The third kappa shape index (κ3) is 1.67. The fourth-order valence-electron chi connectivity index (χ4n) is 2.94. The van der Waals surface area contributed by atoms with E-state index in [0.29, 0.717) is 11.4 Å². The first-order valence-electron chi connectivity index (χ1n) is 6.72. The molecule has 0 unspecified atom stereocenters. The van der Waals surface area contributed by atoms with Crippen molar-refractivity contribution in [3.63, 3.8) is 0 Å². The lowest BCUT2D eigenvalue weighted by molar-refractivity contribution is 0.427. The van der Waals surface area contributed by atoms with Gasteiger partial charge in [0.05, 0.1) is 6.20 Å². The van der Waals surface area contributed by atoms with Crippen LogP contribution in [0.4, 0.5) is 0 Å². The lowest BCUT2D eigenvalue weighted by Gasteiger charge is -2.20. The van der Waals surface area contributed by atoms with Crippen molar-refractivity contribution in [1.29, 1.82) is 0 Å². The molecule has 3 rings (SSSR count). The van der Waals surface area contributed by atoms with E-state index in [1.165, 1.54) is 32.1 Å². The third-order valence-electron chi connectivity index (χ3n) is 4.16. The number of aromatic nitrogens is 3. The summed E-state index contributed by atoms with van der Waals surface area (Å²) in [5.41, 5.74) is 1.72. The zero-order chi connectivity index (χ0) is 12.7. The molecule has 96 valence electrons. The topological polar surface area (TPSA) is 39.3 Å². The van der Waals surface area contributed by atoms with Crippen molar-refractivity contribution in [2.75, 3.05) is 0 Å². The predicted molar refractivity (Wildman–Crippen MR) is 71.0 cm³/mol. The minimum Gasteiger partial charge on any atom is -0.313 e. The van der Waals surface area contributed by atoms with Gasteiger partial charge in [-0.15, -0.1) is 0 Å². The van der Waals surface area contributed by atoms with Crippen molar-refractivity contribution in [2.45, 2.75) is 44.9 Å². The molecule has 0 radical (unpaired) electrons. The summed E-state index contributed by atoms with van der Waals surface area (Å²) in [6.07, 6.45) is 10.1. The van der Waals surface area contributed by atoms with E-state index in [0.717, 1.165) is 11.5 Å². The molecule has 0 N–H and O–H groups in total. The van der Waals surface area contributed by atoms with Gasteiger partial charge in [0.15, 0.2) is 0 Å². The van der Waals surface area contributed by atoms with Gasteiger partial charge in [0.1, 0.15) is 11.3 Å². The Hall–Kier alpha value is -1.58. The van der Waals surface area contributed by atoms with Crippen molar-refractivity contribution in [3.8, 4) is 0 Å². The monoisotopic (exact) mass is 245 g/mol. The SMILES string of the molecule is Cc1cn2c(C3CCCCC3)ncc2c(=O)n1C. The van der Waals surface area contributed by atoms with E-state index in [9.17, 15) is 4.79 Å². The average Bonchev–Trinajstić information content (AvgIpc) is 2.81. The molecule has 18 heavy (non-hydrogen) atoms. The van der Waals surface area contributed by atoms with Crippen LogP contribution < -0.4 is 5.56 Å². The van der Waals surface area contributed by atoms with Crippen molar-refractivity contribution in [1.82, 2.24) is 14.0 Å². The van der Waals surface area contributed by atoms with Crippen molar-refractivity contribution >= 4 is 5.52 Å². The van der Waals surface area contributed by atoms with E-state index < -0.39 is 0 Å². The van der Waals surface area contributed by atoms with E-state index >= 15 is 0 Å². The zero-order valence-electron chi connectivity index (χ0n) is 11.0. The zero-order valence-corrected chi connectivity index (χ0v) is 11.0. The number of hydrogen-bond donors (Lipinski definition) is 0. The molecule has 4 heteroatoms. The van der Waals surface area contributed by atoms with Crippen LogP contribution in [0, 0.1) is 6.92 Å². The molecule has 0 aromatic carbocycles. The molecular weight excluding hydrogens is 226 g/mol. The maximum Gasteiger partial charge on any atom is 0.276 e. The third-order valence-corrected chi connectivity index (χ3v) is 4.16. The minimum absolute atomic E-state index is 0.0459. The van der Waals surface area contributed by atoms with Crippen LogP contribution in [0.25, 0.3) is 5.52 Å². The van der Waals surface area contributed by atoms with Crippen LogP contribution in [0.5, 0.6) is 0 Å². The summed E-state index contributed by atoms with van der Waals surface area (Å²) in [6.45, 7) is 1.96. The molecule has 1 aliphatic carbocycles. The molecule has 0 saturated heterocycles. The summed E-state index contributed by atoms with van der Waals surface area (Å²) >= 11 is 0. The molecule has 2 heterocycles. The summed E-state index contributed by atoms with van der Waals surface area (Å²) < 4.78 is 3.69. The highest BCUT2D eigenvalue weighted by molar-refractivity contribution is 5.44. The van der Waals surface area contributed by atoms with Gasteiger partial charge in [0.2, 0.25) is 0 Å². The number of imidazole rings is 1. The molecule has 2 aromatic rings. The quantitative estimate of drug-likeness (QED) is 0.774. The van der Waals surface area contributed by atoms with Crippen LogP contribution in [0.15, 0.2) is 17.2 Å². The first-order valence-corrected chi connectivity index (χ1v) is 6.72. The van der Waals surface area contributed by atoms with Gasteiger partial charge in [0, 0.05) is 24.9 Å². The minimum atomic E-state index is 0.0459. The fourth-order valence-corrected chi connectivity index (χ4v) is 2.94. The molecule has 0 bridgehead atoms. The van der Waals surface area contributed by atoms with Crippen molar-refractivity contribution in [2.24, 2.45) is 7.05 Å². The Morgan fingerprint density at radius 2 is 2.00 bits per heavy atom. The van der Waals surface area contributed by atoms with E-state index in [1.54, 1.807) is 10.8 Å².